The lowest BCUT2D eigenvalue weighted by atomic mass is 10.1. The second-order valence-corrected chi connectivity index (χ2v) is 9.02. The van der Waals surface area contributed by atoms with Crippen LogP contribution in [0.5, 0.6) is 17.2 Å². The molecule has 0 atom stereocenters. The summed E-state index contributed by atoms with van der Waals surface area (Å²) in [4.78, 5) is 24.5. The summed E-state index contributed by atoms with van der Waals surface area (Å²) in [5, 5.41) is 7.69. The van der Waals surface area contributed by atoms with Crippen LogP contribution < -0.4 is 25.0 Å². The van der Waals surface area contributed by atoms with Gasteiger partial charge in [-0.25, -0.2) is 5.43 Å². The van der Waals surface area contributed by atoms with Crippen molar-refractivity contribution >= 4 is 46.9 Å². The molecule has 3 aromatic carbocycles. The predicted octanol–water partition coefficient (Wildman–Crippen LogP) is 6.19. The molecule has 10 heteroatoms. The van der Waals surface area contributed by atoms with Crippen LogP contribution in [-0.2, 0) is 22.6 Å². The van der Waals surface area contributed by atoms with Gasteiger partial charge in [0.25, 0.3) is 0 Å². The number of nitrogens with one attached hydrogen (secondary N) is 2. The number of methoxy groups -OCH3 is 1. The van der Waals surface area contributed by atoms with Crippen LogP contribution in [0.3, 0.4) is 0 Å². The molecule has 0 aliphatic rings. The molecule has 0 aliphatic carbocycles. The minimum absolute atomic E-state index is 0.209. The molecule has 0 heterocycles. The minimum Gasteiger partial charge on any atom is -0.495 e. The van der Waals surface area contributed by atoms with E-state index in [0.717, 1.165) is 11.1 Å². The summed E-state index contributed by atoms with van der Waals surface area (Å²) >= 11 is 12.3. The molecule has 0 spiro atoms. The van der Waals surface area contributed by atoms with Gasteiger partial charge in [-0.15, -0.1) is 6.58 Å². The number of benzene rings is 3. The molecular formula is C29H29Cl2N3O5. The third kappa shape index (κ3) is 8.77. The van der Waals surface area contributed by atoms with E-state index < -0.39 is 18.2 Å². The highest BCUT2D eigenvalue weighted by atomic mass is 35.5. The van der Waals surface area contributed by atoms with Gasteiger partial charge in [0.05, 0.1) is 25.6 Å². The number of carbonyl (C=O) groups excluding carboxylic acids is 2. The van der Waals surface area contributed by atoms with E-state index in [1.165, 1.54) is 13.3 Å². The molecule has 3 rings (SSSR count). The first-order valence-electron chi connectivity index (χ1n) is 12.1. The summed E-state index contributed by atoms with van der Waals surface area (Å²) in [6.07, 6.45) is 3.30. The van der Waals surface area contributed by atoms with Gasteiger partial charge in [0, 0.05) is 21.2 Å². The SMILES string of the molecule is C=CCc1cc(C=NNC(=O)CC(=O)Nc2ccccc2OC)cc(OCC)c1OCc1ccc(Cl)cc1Cl. The Hall–Kier alpha value is -4.01. The first-order chi connectivity index (χ1) is 18.8. The topological polar surface area (TPSA) is 98.3 Å². The highest BCUT2D eigenvalue weighted by Crippen LogP contribution is 2.35. The fraction of sp³-hybridized carbons (Fsp3) is 0.207. The fourth-order valence-corrected chi connectivity index (χ4v) is 4.05. The predicted molar refractivity (Wildman–Crippen MR) is 154 cm³/mol. The van der Waals surface area contributed by atoms with Crippen LogP contribution in [0.15, 0.2) is 72.4 Å². The smallest absolute Gasteiger partial charge is 0.249 e. The van der Waals surface area contributed by atoms with E-state index in [1.807, 2.05) is 13.0 Å². The summed E-state index contributed by atoms with van der Waals surface area (Å²) in [6, 6.07) is 15.7. The van der Waals surface area contributed by atoms with Crippen molar-refractivity contribution in [1.82, 2.24) is 5.43 Å². The van der Waals surface area contributed by atoms with Crippen LogP contribution in [0.2, 0.25) is 10.0 Å². The Morgan fingerprint density at radius 3 is 2.51 bits per heavy atom. The van der Waals surface area contributed by atoms with E-state index in [1.54, 1.807) is 54.6 Å². The van der Waals surface area contributed by atoms with Gasteiger partial charge >= 0.3 is 0 Å². The highest BCUT2D eigenvalue weighted by molar-refractivity contribution is 6.35. The third-order valence-corrected chi connectivity index (χ3v) is 5.90. The summed E-state index contributed by atoms with van der Waals surface area (Å²) in [5.41, 5.74) is 5.09. The van der Waals surface area contributed by atoms with E-state index in [4.69, 9.17) is 37.4 Å². The molecule has 0 radical (unpaired) electrons. The van der Waals surface area contributed by atoms with Crippen LogP contribution in [-0.4, -0.2) is 31.7 Å². The van der Waals surface area contributed by atoms with Crippen molar-refractivity contribution in [1.29, 1.82) is 0 Å². The average molecular weight is 570 g/mol. The number of hydrogen-bond acceptors (Lipinski definition) is 6. The van der Waals surface area contributed by atoms with Crippen LogP contribution in [0.4, 0.5) is 5.69 Å². The monoisotopic (exact) mass is 569 g/mol. The number of allylic oxidation sites excluding steroid dienone is 1. The molecule has 0 fully saturated rings. The van der Waals surface area contributed by atoms with Gasteiger partial charge in [-0.1, -0.05) is 47.5 Å². The van der Waals surface area contributed by atoms with E-state index in [-0.39, 0.29) is 6.61 Å². The Labute approximate surface area is 237 Å². The number of para-hydroxylation sites is 2. The number of hydrazone groups is 1. The van der Waals surface area contributed by atoms with E-state index in [2.05, 4.69) is 22.4 Å². The molecule has 0 saturated carbocycles. The second-order valence-electron chi connectivity index (χ2n) is 8.18. The number of nitrogens with zero attached hydrogens (tertiary/aromatic N) is 1. The average Bonchev–Trinajstić information content (AvgIpc) is 2.89. The molecule has 2 amide bonds. The molecule has 0 unspecified atom stereocenters. The maximum absolute atomic E-state index is 12.3. The first kappa shape index (κ1) is 29.5. The van der Waals surface area contributed by atoms with Crippen LogP contribution in [0, 0.1) is 0 Å². The molecule has 0 aliphatic heterocycles. The summed E-state index contributed by atoms with van der Waals surface area (Å²) in [5.74, 6) is 0.479. The molecule has 8 nitrogen and oxygen atoms in total. The number of anilines is 1. The number of halogens is 2. The summed E-state index contributed by atoms with van der Waals surface area (Å²) < 4.78 is 17.2. The molecular weight excluding hydrogens is 541 g/mol. The lowest BCUT2D eigenvalue weighted by Gasteiger charge is -2.17. The Kier molecular flexibility index (Phi) is 11.2. The number of rotatable bonds is 13. The normalized spacial score (nSPS) is 10.7. The van der Waals surface area contributed by atoms with Crippen molar-refractivity contribution in [2.24, 2.45) is 5.10 Å². The number of hydrogen-bond donors (Lipinski definition) is 2. The van der Waals surface area contributed by atoms with Crippen LogP contribution in [0.25, 0.3) is 0 Å². The summed E-state index contributed by atoms with van der Waals surface area (Å²) in [6.45, 7) is 6.31. The van der Waals surface area contributed by atoms with E-state index in [9.17, 15) is 9.59 Å². The third-order valence-electron chi connectivity index (χ3n) is 5.31. The molecule has 3 aromatic rings. The number of carbonyl (C=O) groups is 2. The molecule has 0 bridgehead atoms. The molecule has 204 valence electrons. The van der Waals surface area contributed by atoms with Gasteiger partial charge in [-0.2, -0.15) is 5.10 Å². The molecule has 39 heavy (non-hydrogen) atoms. The Morgan fingerprint density at radius 2 is 1.79 bits per heavy atom. The van der Waals surface area contributed by atoms with Crippen molar-refractivity contribution in [3.8, 4) is 17.2 Å². The zero-order valence-corrected chi connectivity index (χ0v) is 23.1. The Bertz CT molecular complexity index is 1360. The Morgan fingerprint density at radius 1 is 1.00 bits per heavy atom. The zero-order chi connectivity index (χ0) is 28.2. The maximum Gasteiger partial charge on any atom is 0.249 e. The first-order valence-corrected chi connectivity index (χ1v) is 12.8. The lowest BCUT2D eigenvalue weighted by molar-refractivity contribution is -0.126. The largest absolute Gasteiger partial charge is 0.495 e. The number of ether oxygens (including phenoxy) is 3. The van der Waals surface area contributed by atoms with Gasteiger partial charge in [0.2, 0.25) is 11.8 Å². The zero-order valence-electron chi connectivity index (χ0n) is 21.6. The summed E-state index contributed by atoms with van der Waals surface area (Å²) in [7, 11) is 1.50. The van der Waals surface area contributed by atoms with Crippen LogP contribution in [0.1, 0.15) is 30.0 Å². The fourth-order valence-electron chi connectivity index (χ4n) is 3.59. The van der Waals surface area contributed by atoms with Crippen molar-refractivity contribution in [2.45, 2.75) is 26.4 Å². The maximum atomic E-state index is 12.3. The van der Waals surface area contributed by atoms with Gasteiger partial charge in [-0.3, -0.25) is 9.59 Å². The molecule has 0 saturated heterocycles. The standard InChI is InChI=1S/C29H29Cl2N3O5/c1-4-8-20-13-19(14-26(38-5-2)29(20)39-18-21-11-12-22(30)15-23(21)31)17-32-34-28(36)16-27(35)33-24-9-6-7-10-25(24)37-3/h4,6-7,9-15,17H,1,5,8,16,18H2,2-3H3,(H,33,35)(H,34,36). The minimum atomic E-state index is -0.574. The number of amides is 2. The van der Waals surface area contributed by atoms with Gasteiger partial charge in [0.1, 0.15) is 18.8 Å². The van der Waals surface area contributed by atoms with E-state index >= 15 is 0 Å². The van der Waals surface area contributed by atoms with Crippen LogP contribution >= 0.6 is 23.2 Å². The van der Waals surface area contributed by atoms with Gasteiger partial charge in [-0.05, 0) is 55.3 Å². The van der Waals surface area contributed by atoms with Crippen molar-refractivity contribution in [2.75, 3.05) is 19.0 Å². The Balaban J connectivity index is 1.69. The quantitative estimate of drug-likeness (QED) is 0.111. The molecule has 0 aromatic heterocycles. The highest BCUT2D eigenvalue weighted by Gasteiger charge is 2.15. The van der Waals surface area contributed by atoms with Gasteiger partial charge < -0.3 is 19.5 Å². The van der Waals surface area contributed by atoms with Gasteiger partial charge in [0.15, 0.2) is 11.5 Å². The second kappa shape index (κ2) is 14.8. The van der Waals surface area contributed by atoms with E-state index in [0.29, 0.717) is 51.6 Å². The molecule has 2 N–H and O–H groups in total. The lowest BCUT2D eigenvalue weighted by Crippen LogP contribution is -2.24. The van der Waals surface area contributed by atoms with Crippen molar-refractivity contribution in [3.63, 3.8) is 0 Å². The van der Waals surface area contributed by atoms with Crippen molar-refractivity contribution < 1.29 is 23.8 Å². The van der Waals surface area contributed by atoms with Crippen molar-refractivity contribution in [3.05, 3.63) is 94.0 Å².